The first-order chi connectivity index (χ1) is 11.4. The highest BCUT2D eigenvalue weighted by Crippen LogP contribution is 2.64. The molecule has 0 spiro atoms. The quantitative estimate of drug-likeness (QED) is 0.772. The van der Waals surface area contributed by atoms with Gasteiger partial charge in [-0.15, -0.1) is 0 Å². The molecule has 3 fully saturated rings. The fourth-order valence-electron chi connectivity index (χ4n) is 7.09. The summed E-state index contributed by atoms with van der Waals surface area (Å²) in [5.41, 5.74) is 3.52. The van der Waals surface area contributed by atoms with E-state index in [1.807, 2.05) is 7.05 Å². The summed E-state index contributed by atoms with van der Waals surface area (Å²) in [4.78, 5) is 4.76. The van der Waals surface area contributed by atoms with E-state index in [1.54, 1.807) is 0 Å². The maximum atomic E-state index is 10.2. The predicted molar refractivity (Wildman–Crippen MR) is 99.3 cm³/mol. The molecule has 0 aromatic carbocycles. The van der Waals surface area contributed by atoms with Crippen LogP contribution in [0.2, 0.25) is 0 Å². The van der Waals surface area contributed by atoms with Gasteiger partial charge in [-0.05, 0) is 80.7 Å². The Morgan fingerprint density at radius 3 is 2.62 bits per heavy atom. The summed E-state index contributed by atoms with van der Waals surface area (Å²) in [7, 11) is 4.11. The third-order valence-electron chi connectivity index (χ3n) is 8.55. The second-order valence-electron chi connectivity index (χ2n) is 9.33. The van der Waals surface area contributed by atoms with Gasteiger partial charge in [-0.3, -0.25) is 4.99 Å². The molecule has 2 N–H and O–H groups in total. The van der Waals surface area contributed by atoms with E-state index in [4.69, 9.17) is 4.99 Å². The van der Waals surface area contributed by atoms with Gasteiger partial charge in [0.05, 0.1) is 6.10 Å². The highest BCUT2D eigenvalue weighted by Gasteiger charge is 2.59. The van der Waals surface area contributed by atoms with Crippen molar-refractivity contribution in [3.8, 4) is 0 Å². The highest BCUT2D eigenvalue weighted by molar-refractivity contribution is 5.99. The van der Waals surface area contributed by atoms with Crippen molar-refractivity contribution in [1.82, 2.24) is 5.32 Å². The normalized spacial score (nSPS) is 52.5. The van der Waals surface area contributed by atoms with Gasteiger partial charge in [0.1, 0.15) is 0 Å². The molecule has 0 aromatic heterocycles. The molecule has 7 atom stereocenters. The number of hydrogen-bond acceptors (Lipinski definition) is 3. The van der Waals surface area contributed by atoms with E-state index in [9.17, 15) is 5.11 Å². The second kappa shape index (κ2) is 5.67. The number of aliphatic hydroxyl groups excluding tert-OH is 1. The molecule has 0 saturated heterocycles. The van der Waals surface area contributed by atoms with E-state index in [0.29, 0.717) is 17.4 Å². The first-order valence-electron chi connectivity index (χ1n) is 9.97. The van der Waals surface area contributed by atoms with Gasteiger partial charge in [0.25, 0.3) is 0 Å². The average molecular weight is 331 g/mol. The zero-order valence-electron chi connectivity index (χ0n) is 15.8. The van der Waals surface area contributed by atoms with E-state index in [-0.39, 0.29) is 11.5 Å². The molecule has 0 radical (unpaired) electrons. The van der Waals surface area contributed by atoms with Crippen LogP contribution < -0.4 is 5.32 Å². The Labute approximate surface area is 147 Å². The van der Waals surface area contributed by atoms with Crippen LogP contribution in [0.15, 0.2) is 16.6 Å². The summed E-state index contributed by atoms with van der Waals surface area (Å²) in [6.45, 7) is 5.02. The SMILES string of the molecule is CN=C1C=C2C[C@@H](O)CC[C@]2(C)[C@H]2CC[C@]3(C)[C@@H](NC)CC[C@H]3C12. The summed E-state index contributed by atoms with van der Waals surface area (Å²) < 4.78 is 0. The topological polar surface area (TPSA) is 44.6 Å². The lowest BCUT2D eigenvalue weighted by Crippen LogP contribution is -2.55. The molecular weight excluding hydrogens is 296 g/mol. The predicted octanol–water partition coefficient (Wildman–Crippen LogP) is 3.58. The lowest BCUT2D eigenvalue weighted by molar-refractivity contribution is -0.0128. The van der Waals surface area contributed by atoms with Crippen LogP contribution in [-0.2, 0) is 0 Å². The van der Waals surface area contributed by atoms with Gasteiger partial charge in [-0.1, -0.05) is 19.4 Å². The molecule has 4 rings (SSSR count). The van der Waals surface area contributed by atoms with Crippen LogP contribution in [0.4, 0.5) is 0 Å². The zero-order valence-corrected chi connectivity index (χ0v) is 15.8. The number of nitrogens with one attached hydrogen (secondary N) is 1. The molecule has 0 amide bonds. The molecular formula is C21H34N2O. The number of aliphatic imine (C=N–C) groups is 1. The van der Waals surface area contributed by atoms with Gasteiger partial charge in [-0.2, -0.15) is 0 Å². The molecule has 1 unspecified atom stereocenters. The van der Waals surface area contributed by atoms with Crippen molar-refractivity contribution in [1.29, 1.82) is 0 Å². The average Bonchev–Trinajstić information content (AvgIpc) is 2.91. The minimum absolute atomic E-state index is 0.145. The molecule has 134 valence electrons. The van der Waals surface area contributed by atoms with Crippen LogP contribution in [0, 0.1) is 28.6 Å². The van der Waals surface area contributed by atoms with Crippen LogP contribution >= 0.6 is 0 Å². The van der Waals surface area contributed by atoms with Crippen molar-refractivity contribution in [3.63, 3.8) is 0 Å². The maximum Gasteiger partial charge on any atom is 0.0578 e. The van der Waals surface area contributed by atoms with Crippen LogP contribution in [0.1, 0.15) is 58.8 Å². The second-order valence-corrected chi connectivity index (χ2v) is 9.33. The number of rotatable bonds is 1. The van der Waals surface area contributed by atoms with E-state index >= 15 is 0 Å². The smallest absolute Gasteiger partial charge is 0.0578 e. The summed E-state index contributed by atoms with van der Waals surface area (Å²) in [6, 6.07) is 0.660. The number of hydrogen-bond donors (Lipinski definition) is 2. The van der Waals surface area contributed by atoms with Crippen molar-refractivity contribution in [3.05, 3.63) is 11.6 Å². The highest BCUT2D eigenvalue weighted by atomic mass is 16.3. The fourth-order valence-corrected chi connectivity index (χ4v) is 7.09. The minimum Gasteiger partial charge on any atom is -0.393 e. The van der Waals surface area contributed by atoms with Gasteiger partial charge in [0, 0.05) is 24.7 Å². The lowest BCUT2D eigenvalue weighted by Gasteiger charge is -2.58. The number of aliphatic hydroxyl groups is 1. The largest absolute Gasteiger partial charge is 0.393 e. The molecule has 3 saturated carbocycles. The molecule has 0 bridgehead atoms. The van der Waals surface area contributed by atoms with Crippen molar-refractivity contribution >= 4 is 5.71 Å². The number of allylic oxidation sites excluding steroid dienone is 1. The molecule has 0 aliphatic heterocycles. The van der Waals surface area contributed by atoms with Crippen molar-refractivity contribution in [2.45, 2.75) is 70.9 Å². The minimum atomic E-state index is -0.145. The van der Waals surface area contributed by atoms with Gasteiger partial charge >= 0.3 is 0 Å². The molecule has 4 aliphatic carbocycles. The molecule has 3 heteroatoms. The molecule has 0 heterocycles. The Morgan fingerprint density at radius 2 is 1.92 bits per heavy atom. The zero-order chi connectivity index (χ0) is 17.1. The van der Waals surface area contributed by atoms with E-state index in [1.165, 1.54) is 37.0 Å². The van der Waals surface area contributed by atoms with Crippen LogP contribution in [0.5, 0.6) is 0 Å². The molecule has 3 nitrogen and oxygen atoms in total. The first-order valence-corrected chi connectivity index (χ1v) is 9.97. The van der Waals surface area contributed by atoms with E-state index in [2.05, 4.69) is 32.3 Å². The fraction of sp³-hybridized carbons (Fsp3) is 0.857. The van der Waals surface area contributed by atoms with Crippen molar-refractivity contribution < 1.29 is 5.11 Å². The standard InChI is InChI=1S/C21H34N2O/c1-20-9-7-14(24)11-13(20)12-17(22-3)19-15-5-6-18(23-4)21(15,2)10-8-16(19)20/h12,14-16,18-19,23-24H,5-11H2,1-4H3/t14-,15-,16-,18-,19?,20-,21-/m0/s1. The maximum absolute atomic E-state index is 10.2. The Bertz CT molecular complexity index is 582. The van der Waals surface area contributed by atoms with Crippen molar-refractivity contribution in [2.75, 3.05) is 14.1 Å². The van der Waals surface area contributed by atoms with E-state index in [0.717, 1.165) is 31.1 Å². The van der Waals surface area contributed by atoms with Crippen LogP contribution in [-0.4, -0.2) is 37.1 Å². The lowest BCUT2D eigenvalue weighted by atomic mass is 9.47. The Morgan fingerprint density at radius 1 is 1.12 bits per heavy atom. The molecule has 0 aromatic rings. The van der Waals surface area contributed by atoms with Gasteiger partial charge in [-0.25, -0.2) is 0 Å². The Balaban J connectivity index is 1.76. The van der Waals surface area contributed by atoms with E-state index < -0.39 is 0 Å². The Hall–Kier alpha value is -0.670. The summed E-state index contributed by atoms with van der Waals surface area (Å²) in [5, 5.41) is 13.8. The van der Waals surface area contributed by atoms with Crippen LogP contribution in [0.25, 0.3) is 0 Å². The molecule has 4 aliphatic rings. The van der Waals surface area contributed by atoms with Crippen LogP contribution in [0.3, 0.4) is 0 Å². The van der Waals surface area contributed by atoms with Crippen molar-refractivity contribution in [2.24, 2.45) is 33.6 Å². The first kappa shape index (κ1) is 16.8. The third-order valence-corrected chi connectivity index (χ3v) is 8.55. The monoisotopic (exact) mass is 330 g/mol. The third kappa shape index (κ3) is 2.13. The summed E-state index contributed by atoms with van der Waals surface area (Å²) in [6.07, 6.45) is 10.5. The Kier molecular flexibility index (Phi) is 3.96. The number of fused-ring (bicyclic) bond motifs is 5. The molecule has 24 heavy (non-hydrogen) atoms. The van der Waals surface area contributed by atoms with Gasteiger partial charge < -0.3 is 10.4 Å². The summed E-state index contributed by atoms with van der Waals surface area (Å²) in [5.74, 6) is 2.10. The van der Waals surface area contributed by atoms with Gasteiger partial charge in [0.2, 0.25) is 0 Å². The summed E-state index contributed by atoms with van der Waals surface area (Å²) >= 11 is 0. The number of nitrogens with zero attached hydrogens (tertiary/aromatic N) is 1. The van der Waals surface area contributed by atoms with Gasteiger partial charge in [0.15, 0.2) is 0 Å².